The number of hydrogen-bond acceptors (Lipinski definition) is 2. The van der Waals surface area contributed by atoms with Crippen LogP contribution in [-0.4, -0.2) is 4.98 Å². The summed E-state index contributed by atoms with van der Waals surface area (Å²) in [6, 6.07) is 16.3. The average Bonchev–Trinajstić information content (AvgIpc) is 2.92. The molecule has 2 aromatic heterocycles. The zero-order valence-corrected chi connectivity index (χ0v) is 13.6. The summed E-state index contributed by atoms with van der Waals surface area (Å²) in [5.41, 5.74) is 2.73. The number of aryl methyl sites for hydroxylation is 1. The van der Waals surface area contributed by atoms with E-state index in [-0.39, 0.29) is 24.0 Å². The molecule has 2 heterocycles. The summed E-state index contributed by atoms with van der Waals surface area (Å²) in [4.78, 5) is 4.67. The second kappa shape index (κ2) is 5.44. The monoisotopic (exact) mass is 388 g/mol. The van der Waals surface area contributed by atoms with Crippen molar-refractivity contribution in [2.75, 3.05) is 0 Å². The lowest BCUT2D eigenvalue weighted by molar-refractivity contribution is -0.671. The number of halogens is 1. The van der Waals surface area contributed by atoms with Crippen molar-refractivity contribution in [2.24, 2.45) is 7.05 Å². The van der Waals surface area contributed by atoms with E-state index in [1.54, 1.807) is 0 Å². The molecule has 0 aliphatic carbocycles. The Morgan fingerprint density at radius 2 is 1.86 bits per heavy atom. The summed E-state index contributed by atoms with van der Waals surface area (Å²) >= 11 is 0. The first-order valence-corrected chi connectivity index (χ1v) is 6.55. The number of aromatic nitrogens is 2. The van der Waals surface area contributed by atoms with Crippen LogP contribution in [0.2, 0.25) is 0 Å². The molecule has 0 N–H and O–H groups in total. The van der Waals surface area contributed by atoms with Crippen molar-refractivity contribution >= 4 is 21.9 Å². The van der Waals surface area contributed by atoms with Gasteiger partial charge in [-0.2, -0.15) is 0 Å². The van der Waals surface area contributed by atoms with Gasteiger partial charge in [0.25, 0.3) is 0 Å². The number of benzene rings is 2. The van der Waals surface area contributed by atoms with E-state index in [0.717, 1.165) is 22.0 Å². The Kier molecular flexibility index (Phi) is 3.63. The molecule has 0 spiro atoms. The average molecular weight is 388 g/mol. The predicted octanol–water partition coefficient (Wildman–Crippen LogP) is 0.476. The third-order valence-corrected chi connectivity index (χ3v) is 3.47. The van der Waals surface area contributed by atoms with Crippen molar-refractivity contribution in [3.8, 4) is 11.5 Å². The van der Waals surface area contributed by atoms with Gasteiger partial charge in [0, 0.05) is 11.5 Å². The third kappa shape index (κ3) is 2.40. The first-order valence-electron chi connectivity index (χ1n) is 6.55. The fourth-order valence-electron chi connectivity index (χ4n) is 2.50. The van der Waals surface area contributed by atoms with Crippen molar-refractivity contribution in [1.29, 1.82) is 0 Å². The van der Waals surface area contributed by atoms with Crippen LogP contribution in [0, 0.1) is 0 Å². The highest BCUT2D eigenvalue weighted by Crippen LogP contribution is 2.28. The maximum absolute atomic E-state index is 5.89. The van der Waals surface area contributed by atoms with E-state index in [4.69, 9.17) is 4.42 Å². The molecular formula is C17H13IN2O. The molecular weight excluding hydrogens is 375 g/mol. The fourth-order valence-corrected chi connectivity index (χ4v) is 2.50. The van der Waals surface area contributed by atoms with Crippen molar-refractivity contribution in [3.63, 3.8) is 0 Å². The molecule has 0 fully saturated rings. The van der Waals surface area contributed by atoms with Crippen LogP contribution in [0.3, 0.4) is 0 Å². The molecule has 3 nitrogen and oxygen atoms in total. The van der Waals surface area contributed by atoms with Gasteiger partial charge in [-0.25, -0.2) is 9.55 Å². The van der Waals surface area contributed by atoms with Crippen LogP contribution in [0.1, 0.15) is 0 Å². The van der Waals surface area contributed by atoms with Crippen LogP contribution in [0.15, 0.2) is 65.3 Å². The molecule has 0 atom stereocenters. The lowest BCUT2D eigenvalue weighted by Crippen LogP contribution is -3.00. The lowest BCUT2D eigenvalue weighted by Gasteiger charge is -1.95. The molecule has 0 amide bonds. The largest absolute Gasteiger partial charge is 1.00 e. The molecule has 4 rings (SSSR count). The number of pyridine rings is 1. The van der Waals surface area contributed by atoms with Crippen LogP contribution in [-0.2, 0) is 7.05 Å². The Labute approximate surface area is 139 Å². The van der Waals surface area contributed by atoms with Crippen molar-refractivity contribution < 1.29 is 33.0 Å². The molecule has 2 aromatic carbocycles. The molecule has 0 bridgehead atoms. The van der Waals surface area contributed by atoms with Gasteiger partial charge in [0.1, 0.15) is 18.1 Å². The van der Waals surface area contributed by atoms with Gasteiger partial charge in [-0.05, 0) is 17.5 Å². The quantitative estimate of drug-likeness (QED) is 0.351. The zero-order chi connectivity index (χ0) is 13.5. The summed E-state index contributed by atoms with van der Waals surface area (Å²) in [5.74, 6) is 0.660. The molecule has 0 unspecified atom stereocenters. The molecule has 104 valence electrons. The minimum Gasteiger partial charge on any atom is -1.00 e. The summed E-state index contributed by atoms with van der Waals surface area (Å²) in [6.45, 7) is 0. The zero-order valence-electron chi connectivity index (χ0n) is 11.5. The summed E-state index contributed by atoms with van der Waals surface area (Å²) in [5, 5.41) is 2.30. The van der Waals surface area contributed by atoms with Crippen LogP contribution in [0.25, 0.3) is 33.3 Å². The second-order valence-electron chi connectivity index (χ2n) is 4.91. The lowest BCUT2D eigenvalue weighted by atomic mass is 10.1. The van der Waals surface area contributed by atoms with Gasteiger partial charge in [-0.3, -0.25) is 0 Å². The highest BCUT2D eigenvalue weighted by Gasteiger charge is 2.12. The first kappa shape index (κ1) is 14.0. The molecule has 0 aliphatic rings. The van der Waals surface area contributed by atoms with Gasteiger partial charge in [-0.15, -0.1) is 0 Å². The smallest absolute Gasteiger partial charge is 0.233 e. The standard InChI is InChI=1S/C17H13N2O.HI/c1-19-10-4-6-13(11-19)17-18-16-14-7-3-2-5-12(14)8-9-15(16)20-17;/h2-11H,1H3;1H/q+1;/p-1. The maximum atomic E-state index is 5.89. The Hall–Kier alpha value is -1.95. The van der Waals surface area contributed by atoms with Gasteiger partial charge >= 0.3 is 0 Å². The molecule has 0 saturated heterocycles. The third-order valence-electron chi connectivity index (χ3n) is 3.47. The second-order valence-corrected chi connectivity index (χ2v) is 4.91. The SMILES string of the molecule is C[n+]1cccc(-c2nc3c(ccc4ccccc43)o2)c1.[I-]. The molecule has 0 aliphatic heterocycles. The fraction of sp³-hybridized carbons (Fsp3) is 0.0588. The van der Waals surface area contributed by atoms with E-state index in [2.05, 4.69) is 23.2 Å². The minimum atomic E-state index is 0. The van der Waals surface area contributed by atoms with Gasteiger partial charge in [0.05, 0.1) is 0 Å². The summed E-state index contributed by atoms with van der Waals surface area (Å²) in [7, 11) is 1.99. The number of hydrogen-bond donors (Lipinski definition) is 0. The van der Waals surface area contributed by atoms with Gasteiger partial charge < -0.3 is 28.4 Å². The van der Waals surface area contributed by atoms with Crippen LogP contribution < -0.4 is 28.5 Å². The summed E-state index contributed by atoms with van der Waals surface area (Å²) < 4.78 is 7.88. The Balaban J connectivity index is 0.00000132. The normalized spacial score (nSPS) is 10.7. The van der Waals surface area contributed by atoms with E-state index < -0.39 is 0 Å². The Morgan fingerprint density at radius 1 is 1.00 bits per heavy atom. The highest BCUT2D eigenvalue weighted by molar-refractivity contribution is 6.03. The van der Waals surface area contributed by atoms with E-state index in [1.807, 2.05) is 54.3 Å². The van der Waals surface area contributed by atoms with Gasteiger partial charge in [-0.1, -0.05) is 30.3 Å². The topological polar surface area (TPSA) is 29.9 Å². The minimum absolute atomic E-state index is 0. The van der Waals surface area contributed by atoms with E-state index >= 15 is 0 Å². The van der Waals surface area contributed by atoms with E-state index in [1.165, 1.54) is 5.39 Å². The van der Waals surface area contributed by atoms with Crippen LogP contribution in [0.4, 0.5) is 0 Å². The van der Waals surface area contributed by atoms with Gasteiger partial charge in [0.2, 0.25) is 5.89 Å². The van der Waals surface area contributed by atoms with Gasteiger partial charge in [0.15, 0.2) is 18.0 Å². The molecule has 4 heteroatoms. The number of nitrogens with zero attached hydrogens (tertiary/aromatic N) is 2. The number of fused-ring (bicyclic) bond motifs is 3. The van der Waals surface area contributed by atoms with Crippen molar-refractivity contribution in [2.45, 2.75) is 0 Å². The highest BCUT2D eigenvalue weighted by atomic mass is 127. The first-order chi connectivity index (χ1) is 9.81. The molecule has 21 heavy (non-hydrogen) atoms. The number of rotatable bonds is 1. The van der Waals surface area contributed by atoms with E-state index in [0.29, 0.717) is 5.89 Å². The maximum Gasteiger partial charge on any atom is 0.233 e. The van der Waals surface area contributed by atoms with Crippen molar-refractivity contribution in [1.82, 2.24) is 4.98 Å². The van der Waals surface area contributed by atoms with E-state index in [9.17, 15) is 0 Å². The Bertz CT molecular complexity index is 930. The van der Waals surface area contributed by atoms with Crippen molar-refractivity contribution in [3.05, 3.63) is 60.9 Å². The predicted molar refractivity (Wildman–Crippen MR) is 78.1 cm³/mol. The molecule has 4 aromatic rings. The van der Waals surface area contributed by atoms with Crippen LogP contribution >= 0.6 is 0 Å². The summed E-state index contributed by atoms with van der Waals surface area (Å²) in [6.07, 6.45) is 3.99. The number of oxazole rings is 1. The molecule has 0 radical (unpaired) electrons. The molecule has 0 saturated carbocycles. The Morgan fingerprint density at radius 3 is 2.71 bits per heavy atom. The van der Waals surface area contributed by atoms with Crippen LogP contribution in [0.5, 0.6) is 0 Å².